The van der Waals surface area contributed by atoms with E-state index in [0.717, 1.165) is 23.8 Å². The predicted molar refractivity (Wildman–Crippen MR) is 67.5 cm³/mol. The van der Waals surface area contributed by atoms with E-state index < -0.39 is 0 Å². The van der Waals surface area contributed by atoms with Gasteiger partial charge in [-0.2, -0.15) is 0 Å². The molecule has 1 aliphatic heterocycles. The van der Waals surface area contributed by atoms with Crippen molar-refractivity contribution in [3.05, 3.63) is 17.8 Å². The van der Waals surface area contributed by atoms with Crippen LogP contribution in [0.5, 0.6) is 0 Å². The predicted octanol–water partition coefficient (Wildman–Crippen LogP) is 1.39. The van der Waals surface area contributed by atoms with Gasteiger partial charge in [-0.05, 0) is 0 Å². The van der Waals surface area contributed by atoms with Gasteiger partial charge in [-0.1, -0.05) is 5.21 Å². The molecule has 1 N–H and O–H groups in total. The van der Waals surface area contributed by atoms with Crippen LogP contribution in [0.25, 0.3) is 10.7 Å². The lowest BCUT2D eigenvalue weighted by molar-refractivity contribution is 0.313. The third-order valence-electron chi connectivity index (χ3n) is 2.30. The largest absolute Gasteiger partial charge is 0.312 e. The average Bonchev–Trinajstić information content (AvgIpc) is 2.65. The summed E-state index contributed by atoms with van der Waals surface area (Å²) < 4.78 is 1.91. The topological polar surface area (TPSA) is 55.6 Å². The zero-order chi connectivity index (χ0) is 9.38. The Morgan fingerprint density at radius 2 is 2.19 bits per heavy atom. The maximum absolute atomic E-state index is 4.19. The van der Waals surface area contributed by atoms with Crippen molar-refractivity contribution in [2.24, 2.45) is 0 Å². The molecule has 1 fully saturated rings. The van der Waals surface area contributed by atoms with E-state index in [2.05, 4.69) is 20.6 Å². The number of hydrogen-bond acceptors (Lipinski definition) is 5. The molecule has 0 saturated carbocycles. The smallest absolute Gasteiger partial charge is 0.145 e. The third kappa shape index (κ3) is 2.35. The Bertz CT molecular complexity index is 425. The highest BCUT2D eigenvalue weighted by atomic mass is 35.5. The summed E-state index contributed by atoms with van der Waals surface area (Å²) in [7, 11) is 0. The summed E-state index contributed by atoms with van der Waals surface area (Å²) in [5.74, 6) is 0. The molecule has 2 aromatic rings. The van der Waals surface area contributed by atoms with Crippen molar-refractivity contribution in [3.8, 4) is 10.7 Å². The van der Waals surface area contributed by atoms with E-state index in [1.54, 1.807) is 17.5 Å². The Morgan fingerprint density at radius 1 is 1.38 bits per heavy atom. The fourth-order valence-corrected chi connectivity index (χ4v) is 1.95. The normalized spacial score (nSPS) is 14.8. The van der Waals surface area contributed by atoms with Crippen molar-refractivity contribution in [2.75, 3.05) is 13.1 Å². The van der Waals surface area contributed by atoms with Gasteiger partial charge in [0.25, 0.3) is 0 Å². The second-order valence-corrected chi connectivity index (χ2v) is 4.13. The van der Waals surface area contributed by atoms with Gasteiger partial charge in [-0.15, -0.1) is 41.2 Å². The summed E-state index contributed by atoms with van der Waals surface area (Å²) in [4.78, 5) is 4.19. The highest BCUT2D eigenvalue weighted by Gasteiger charge is 2.20. The lowest BCUT2D eigenvalue weighted by atomic mass is 10.2. The first kappa shape index (κ1) is 13.4. The van der Waals surface area contributed by atoms with Crippen molar-refractivity contribution in [3.63, 3.8) is 0 Å². The molecule has 2 aromatic heterocycles. The number of hydrogen-bond donors (Lipinski definition) is 1. The maximum atomic E-state index is 4.19. The van der Waals surface area contributed by atoms with Crippen LogP contribution >= 0.6 is 36.2 Å². The Morgan fingerprint density at radius 3 is 2.75 bits per heavy atom. The van der Waals surface area contributed by atoms with Crippen LogP contribution in [0.2, 0.25) is 0 Å². The quantitative estimate of drug-likeness (QED) is 0.903. The lowest BCUT2D eigenvalue weighted by Gasteiger charge is -2.26. The second kappa shape index (κ2) is 5.58. The van der Waals surface area contributed by atoms with Crippen LogP contribution in [-0.2, 0) is 0 Å². The molecule has 3 heterocycles. The van der Waals surface area contributed by atoms with Crippen molar-refractivity contribution < 1.29 is 0 Å². The Balaban J connectivity index is 0.000000640. The van der Waals surface area contributed by atoms with Gasteiger partial charge in [-0.25, -0.2) is 9.67 Å². The van der Waals surface area contributed by atoms with Crippen LogP contribution in [0.4, 0.5) is 0 Å². The SMILES string of the molecule is Cl.Cl.c1csc(-c2cn(C3CNC3)nn2)n1. The summed E-state index contributed by atoms with van der Waals surface area (Å²) in [5, 5.41) is 14.3. The average molecular weight is 280 g/mol. The second-order valence-electron chi connectivity index (χ2n) is 3.23. The Labute approximate surface area is 109 Å². The zero-order valence-electron chi connectivity index (χ0n) is 8.24. The number of rotatable bonds is 2. The van der Waals surface area contributed by atoms with E-state index >= 15 is 0 Å². The zero-order valence-corrected chi connectivity index (χ0v) is 10.7. The van der Waals surface area contributed by atoms with Crippen LogP contribution in [0.1, 0.15) is 6.04 Å². The van der Waals surface area contributed by atoms with Gasteiger partial charge in [0.15, 0.2) is 0 Å². The number of aromatic nitrogens is 4. The summed E-state index contributed by atoms with van der Waals surface area (Å²) in [6.07, 6.45) is 3.74. The third-order valence-corrected chi connectivity index (χ3v) is 3.09. The molecule has 0 bridgehead atoms. The van der Waals surface area contributed by atoms with E-state index in [4.69, 9.17) is 0 Å². The number of halogens is 2. The van der Waals surface area contributed by atoms with Gasteiger partial charge >= 0.3 is 0 Å². The highest BCUT2D eigenvalue weighted by Crippen LogP contribution is 2.20. The van der Waals surface area contributed by atoms with E-state index in [1.165, 1.54) is 0 Å². The molecule has 0 spiro atoms. The first-order chi connectivity index (χ1) is 6.93. The first-order valence-electron chi connectivity index (χ1n) is 4.46. The molecule has 0 aromatic carbocycles. The van der Waals surface area contributed by atoms with Crippen LogP contribution in [0, 0.1) is 0 Å². The summed E-state index contributed by atoms with van der Waals surface area (Å²) >= 11 is 1.58. The van der Waals surface area contributed by atoms with Crippen LogP contribution in [-0.4, -0.2) is 33.1 Å². The molecule has 0 aliphatic carbocycles. The number of nitrogens with one attached hydrogen (secondary N) is 1. The van der Waals surface area contributed by atoms with Gasteiger partial charge in [-0.3, -0.25) is 0 Å². The van der Waals surface area contributed by atoms with Gasteiger partial charge in [0.2, 0.25) is 0 Å². The van der Waals surface area contributed by atoms with Crippen LogP contribution in [0.15, 0.2) is 17.8 Å². The minimum absolute atomic E-state index is 0. The van der Waals surface area contributed by atoms with Crippen molar-refractivity contribution in [1.82, 2.24) is 25.3 Å². The standard InChI is InChI=1S/C8H9N5S.2ClH/c1-2-14-8(10-1)7-5-13(12-11-7)6-3-9-4-6;;/h1-2,5-6,9H,3-4H2;2*1H. The van der Waals surface area contributed by atoms with Crippen LogP contribution in [0.3, 0.4) is 0 Å². The van der Waals surface area contributed by atoms with E-state index in [9.17, 15) is 0 Å². The van der Waals surface area contributed by atoms with Crippen molar-refractivity contribution >= 4 is 36.2 Å². The minimum Gasteiger partial charge on any atom is -0.312 e. The molecule has 3 rings (SSSR count). The Kier molecular flexibility index (Phi) is 4.67. The summed E-state index contributed by atoms with van der Waals surface area (Å²) in [6.45, 7) is 1.97. The van der Waals surface area contributed by atoms with Crippen molar-refractivity contribution in [1.29, 1.82) is 0 Å². The number of thiazole rings is 1. The fourth-order valence-electron chi connectivity index (χ4n) is 1.36. The molecule has 1 saturated heterocycles. The summed E-state index contributed by atoms with van der Waals surface area (Å²) in [6, 6.07) is 0.469. The van der Waals surface area contributed by atoms with E-state index in [-0.39, 0.29) is 24.8 Å². The van der Waals surface area contributed by atoms with Crippen molar-refractivity contribution in [2.45, 2.75) is 6.04 Å². The molecule has 88 valence electrons. The molecular weight excluding hydrogens is 269 g/mol. The number of nitrogens with zero attached hydrogens (tertiary/aromatic N) is 4. The van der Waals surface area contributed by atoms with E-state index in [1.807, 2.05) is 16.3 Å². The lowest BCUT2D eigenvalue weighted by Crippen LogP contribution is -2.43. The first-order valence-corrected chi connectivity index (χ1v) is 5.34. The molecule has 0 unspecified atom stereocenters. The fraction of sp³-hybridized carbons (Fsp3) is 0.375. The summed E-state index contributed by atoms with van der Waals surface area (Å²) in [5.41, 5.74) is 0.868. The van der Waals surface area contributed by atoms with Gasteiger partial charge in [0.1, 0.15) is 10.7 Å². The minimum atomic E-state index is 0. The molecule has 5 nitrogen and oxygen atoms in total. The molecule has 1 aliphatic rings. The van der Waals surface area contributed by atoms with Gasteiger partial charge < -0.3 is 5.32 Å². The highest BCUT2D eigenvalue weighted by molar-refractivity contribution is 7.13. The molecule has 8 heteroatoms. The van der Waals surface area contributed by atoms with Crippen LogP contribution < -0.4 is 5.32 Å². The molecule has 0 atom stereocenters. The Hall–Kier alpha value is -0.690. The molecular formula is C8H11Cl2N5S. The monoisotopic (exact) mass is 279 g/mol. The van der Waals surface area contributed by atoms with E-state index in [0.29, 0.717) is 6.04 Å². The molecule has 16 heavy (non-hydrogen) atoms. The molecule has 0 amide bonds. The maximum Gasteiger partial charge on any atom is 0.145 e. The van der Waals surface area contributed by atoms with Gasteiger partial charge in [0, 0.05) is 24.7 Å². The molecule has 0 radical (unpaired) electrons. The van der Waals surface area contributed by atoms with Gasteiger partial charge in [0.05, 0.1) is 12.2 Å².